The highest BCUT2D eigenvalue weighted by molar-refractivity contribution is 5.74. The highest BCUT2D eigenvalue weighted by atomic mass is 16.4. The molecule has 0 saturated heterocycles. The summed E-state index contributed by atoms with van der Waals surface area (Å²) in [6.07, 6.45) is 1.82. The van der Waals surface area contributed by atoms with E-state index in [1.807, 2.05) is 20.8 Å². The van der Waals surface area contributed by atoms with Crippen LogP contribution in [0.4, 0.5) is 0 Å². The van der Waals surface area contributed by atoms with Crippen molar-refractivity contribution in [3.05, 3.63) is 0 Å². The number of rotatable bonds is 6. The molecule has 3 heteroatoms. The fourth-order valence-corrected chi connectivity index (χ4v) is 1.66. The van der Waals surface area contributed by atoms with Crippen LogP contribution in [0.5, 0.6) is 0 Å². The van der Waals surface area contributed by atoms with Crippen LogP contribution in [0.1, 0.15) is 40.0 Å². The Bertz CT molecular complexity index is 162. The van der Waals surface area contributed by atoms with Gasteiger partial charge in [0, 0.05) is 6.61 Å². The summed E-state index contributed by atoms with van der Waals surface area (Å²) < 4.78 is 0. The Morgan fingerprint density at radius 3 is 2.08 bits per heavy atom. The van der Waals surface area contributed by atoms with E-state index < -0.39 is 11.4 Å². The van der Waals surface area contributed by atoms with Gasteiger partial charge in [-0.3, -0.25) is 4.79 Å². The van der Waals surface area contributed by atoms with Crippen LogP contribution in [-0.2, 0) is 4.79 Å². The van der Waals surface area contributed by atoms with E-state index in [-0.39, 0.29) is 12.5 Å². The average Bonchev–Trinajstić information content (AvgIpc) is 2.13. The van der Waals surface area contributed by atoms with Crippen LogP contribution in [-0.4, -0.2) is 22.8 Å². The molecule has 78 valence electrons. The molecule has 3 nitrogen and oxygen atoms in total. The molecular weight excluding hydrogens is 168 g/mol. The topological polar surface area (TPSA) is 57.5 Å². The van der Waals surface area contributed by atoms with Crippen LogP contribution in [0.2, 0.25) is 0 Å². The third-order valence-corrected chi connectivity index (χ3v) is 2.86. The van der Waals surface area contributed by atoms with Gasteiger partial charge >= 0.3 is 5.97 Å². The van der Waals surface area contributed by atoms with Crippen molar-refractivity contribution in [3.63, 3.8) is 0 Å². The van der Waals surface area contributed by atoms with Crippen molar-refractivity contribution in [2.45, 2.75) is 40.0 Å². The first kappa shape index (κ1) is 12.4. The van der Waals surface area contributed by atoms with Gasteiger partial charge in [0.05, 0.1) is 5.41 Å². The maximum Gasteiger partial charge on any atom is 0.309 e. The molecule has 0 aromatic rings. The predicted octanol–water partition coefficient (Wildman–Crippen LogP) is 1.90. The summed E-state index contributed by atoms with van der Waals surface area (Å²) in [7, 11) is 0. The zero-order chi connectivity index (χ0) is 10.5. The van der Waals surface area contributed by atoms with Crippen LogP contribution in [0.25, 0.3) is 0 Å². The molecule has 0 spiro atoms. The molecule has 0 aliphatic rings. The minimum absolute atomic E-state index is 0.0645. The number of aliphatic hydroxyl groups excluding tert-OH is 1. The van der Waals surface area contributed by atoms with Crippen molar-refractivity contribution in [2.75, 3.05) is 6.61 Å². The summed E-state index contributed by atoms with van der Waals surface area (Å²) in [5, 5.41) is 18.0. The van der Waals surface area contributed by atoms with Gasteiger partial charge in [-0.1, -0.05) is 20.8 Å². The third kappa shape index (κ3) is 2.99. The Hall–Kier alpha value is -0.570. The standard InChI is InChI=1S/C10H20O3/c1-4-10(5-2,9(12)13)6-8(3)7-11/h8,11H,4-7H2,1-3H3,(H,12,13). The fraction of sp³-hybridized carbons (Fsp3) is 0.900. The zero-order valence-corrected chi connectivity index (χ0v) is 8.71. The predicted molar refractivity (Wildman–Crippen MR) is 51.5 cm³/mol. The molecule has 0 heterocycles. The molecule has 0 aliphatic carbocycles. The van der Waals surface area contributed by atoms with E-state index in [0.29, 0.717) is 19.3 Å². The van der Waals surface area contributed by atoms with Crippen LogP contribution in [0.3, 0.4) is 0 Å². The highest BCUT2D eigenvalue weighted by Crippen LogP contribution is 2.34. The lowest BCUT2D eigenvalue weighted by atomic mass is 9.75. The van der Waals surface area contributed by atoms with Crippen molar-refractivity contribution in [1.29, 1.82) is 0 Å². The second-order valence-electron chi connectivity index (χ2n) is 3.78. The molecule has 0 saturated carbocycles. The van der Waals surface area contributed by atoms with Crippen LogP contribution in [0.15, 0.2) is 0 Å². The number of hydrogen-bond donors (Lipinski definition) is 2. The molecule has 1 atom stereocenters. The van der Waals surface area contributed by atoms with E-state index >= 15 is 0 Å². The number of hydrogen-bond acceptors (Lipinski definition) is 2. The Balaban J connectivity index is 4.48. The molecule has 0 bridgehead atoms. The molecular formula is C10H20O3. The Morgan fingerprint density at radius 2 is 1.85 bits per heavy atom. The van der Waals surface area contributed by atoms with E-state index in [0.717, 1.165) is 0 Å². The molecule has 2 N–H and O–H groups in total. The molecule has 0 aromatic carbocycles. The lowest BCUT2D eigenvalue weighted by Crippen LogP contribution is -2.32. The van der Waals surface area contributed by atoms with Gasteiger partial charge < -0.3 is 10.2 Å². The number of aliphatic carboxylic acids is 1. The summed E-state index contributed by atoms with van der Waals surface area (Å²) in [5.41, 5.74) is -0.637. The zero-order valence-electron chi connectivity index (χ0n) is 8.71. The Labute approximate surface area is 79.8 Å². The quantitative estimate of drug-likeness (QED) is 0.669. The van der Waals surface area contributed by atoms with Crippen molar-refractivity contribution < 1.29 is 15.0 Å². The van der Waals surface area contributed by atoms with E-state index in [2.05, 4.69) is 0 Å². The van der Waals surface area contributed by atoms with Crippen LogP contribution < -0.4 is 0 Å². The summed E-state index contributed by atoms with van der Waals surface area (Å²) in [6.45, 7) is 5.72. The maximum atomic E-state index is 11.1. The summed E-state index contributed by atoms with van der Waals surface area (Å²) >= 11 is 0. The minimum Gasteiger partial charge on any atom is -0.481 e. The van der Waals surface area contributed by atoms with Crippen molar-refractivity contribution in [3.8, 4) is 0 Å². The van der Waals surface area contributed by atoms with Gasteiger partial charge in [-0.05, 0) is 25.2 Å². The lowest BCUT2D eigenvalue weighted by molar-refractivity contribution is -0.150. The Kier molecular flexibility index (Phi) is 4.99. The first-order chi connectivity index (χ1) is 6.02. The summed E-state index contributed by atoms with van der Waals surface area (Å²) in [6, 6.07) is 0. The van der Waals surface area contributed by atoms with Gasteiger partial charge in [0.15, 0.2) is 0 Å². The van der Waals surface area contributed by atoms with Crippen molar-refractivity contribution >= 4 is 5.97 Å². The third-order valence-electron chi connectivity index (χ3n) is 2.86. The van der Waals surface area contributed by atoms with Gasteiger partial charge in [-0.2, -0.15) is 0 Å². The average molecular weight is 188 g/mol. The molecule has 0 aromatic heterocycles. The molecule has 0 amide bonds. The Morgan fingerprint density at radius 1 is 1.38 bits per heavy atom. The molecule has 0 radical (unpaired) electrons. The number of carboxylic acids is 1. The number of carbonyl (C=O) groups is 1. The molecule has 13 heavy (non-hydrogen) atoms. The first-order valence-electron chi connectivity index (χ1n) is 4.86. The van der Waals surface area contributed by atoms with Gasteiger partial charge in [0.25, 0.3) is 0 Å². The van der Waals surface area contributed by atoms with Gasteiger partial charge in [0.2, 0.25) is 0 Å². The van der Waals surface area contributed by atoms with Gasteiger partial charge in [-0.25, -0.2) is 0 Å². The molecule has 0 fully saturated rings. The monoisotopic (exact) mass is 188 g/mol. The largest absolute Gasteiger partial charge is 0.481 e. The molecule has 0 rings (SSSR count). The SMILES string of the molecule is CCC(CC)(CC(C)CO)C(=O)O. The van der Waals surface area contributed by atoms with E-state index in [4.69, 9.17) is 10.2 Å². The smallest absolute Gasteiger partial charge is 0.309 e. The first-order valence-corrected chi connectivity index (χ1v) is 4.86. The number of aliphatic hydroxyl groups is 1. The van der Waals surface area contributed by atoms with E-state index in [1.54, 1.807) is 0 Å². The number of carboxylic acid groups (broad SMARTS) is 1. The highest BCUT2D eigenvalue weighted by Gasteiger charge is 2.35. The maximum absolute atomic E-state index is 11.1. The lowest BCUT2D eigenvalue weighted by Gasteiger charge is -2.29. The van der Waals surface area contributed by atoms with Crippen LogP contribution >= 0.6 is 0 Å². The van der Waals surface area contributed by atoms with Crippen molar-refractivity contribution in [1.82, 2.24) is 0 Å². The molecule has 1 unspecified atom stereocenters. The van der Waals surface area contributed by atoms with Crippen molar-refractivity contribution in [2.24, 2.45) is 11.3 Å². The molecule has 0 aliphatic heterocycles. The van der Waals surface area contributed by atoms with Crippen LogP contribution in [0, 0.1) is 11.3 Å². The summed E-state index contributed by atoms with van der Waals surface area (Å²) in [5.74, 6) is -0.672. The normalized spacial score (nSPS) is 14.2. The second kappa shape index (κ2) is 5.22. The fourth-order valence-electron chi connectivity index (χ4n) is 1.66. The van der Waals surface area contributed by atoms with Gasteiger partial charge in [-0.15, -0.1) is 0 Å². The van der Waals surface area contributed by atoms with Gasteiger partial charge in [0.1, 0.15) is 0 Å². The van der Waals surface area contributed by atoms with E-state index in [1.165, 1.54) is 0 Å². The summed E-state index contributed by atoms with van der Waals surface area (Å²) in [4.78, 5) is 11.1. The second-order valence-corrected chi connectivity index (χ2v) is 3.78. The van der Waals surface area contributed by atoms with E-state index in [9.17, 15) is 4.79 Å². The minimum atomic E-state index is -0.738.